The van der Waals surface area contributed by atoms with Crippen molar-refractivity contribution in [1.82, 2.24) is 9.55 Å². The Balaban J connectivity index is 2.18. The number of nitrogens with one attached hydrogen (secondary N) is 1. The van der Waals surface area contributed by atoms with Gasteiger partial charge in [0, 0.05) is 0 Å². The smallest absolute Gasteiger partial charge is 0.331 e. The first kappa shape index (κ1) is 13.5. The number of hydrogen-bond donors (Lipinski definition) is 4. The summed E-state index contributed by atoms with van der Waals surface area (Å²) in [5.41, 5.74) is -0.933. The molecule has 20 heavy (non-hydrogen) atoms. The average Bonchev–Trinajstić information content (AvgIpc) is 2.99. The Kier molecular flexibility index (Phi) is 3.22. The van der Waals surface area contributed by atoms with Crippen molar-refractivity contribution in [3.8, 4) is 0 Å². The highest BCUT2D eigenvalue weighted by Crippen LogP contribution is 2.30. The second-order valence-electron chi connectivity index (χ2n) is 4.49. The summed E-state index contributed by atoms with van der Waals surface area (Å²) in [5, 5.41) is 30.4. The fourth-order valence-corrected chi connectivity index (χ4v) is 3.11. The fourth-order valence-electron chi connectivity index (χ4n) is 2.33. The summed E-state index contributed by atoms with van der Waals surface area (Å²) >= 11 is 1.15. The number of aromatic nitrogens is 2. The van der Waals surface area contributed by atoms with E-state index in [0.717, 1.165) is 15.9 Å². The standard InChI is InChI=1S/C11H12N2O6S/c14-3-5-6(15)7(16)10(19-5)13-4-1-2-20-8(4)9(17)12-11(13)18/h1-2,5-7,10,14-16H,3H2,(H,12,17,18). The second-order valence-corrected chi connectivity index (χ2v) is 5.41. The monoisotopic (exact) mass is 300 g/mol. The fraction of sp³-hybridized carbons (Fsp3) is 0.455. The number of rotatable bonds is 2. The molecule has 0 aromatic carbocycles. The zero-order chi connectivity index (χ0) is 14.4. The lowest BCUT2D eigenvalue weighted by Crippen LogP contribution is -2.38. The van der Waals surface area contributed by atoms with Crippen LogP contribution in [0.1, 0.15) is 6.23 Å². The predicted octanol–water partition coefficient (Wildman–Crippen LogP) is -1.64. The van der Waals surface area contributed by atoms with E-state index in [4.69, 9.17) is 9.84 Å². The number of hydrogen-bond acceptors (Lipinski definition) is 7. The van der Waals surface area contributed by atoms with Crippen LogP contribution in [-0.4, -0.2) is 49.8 Å². The van der Waals surface area contributed by atoms with Gasteiger partial charge in [-0.25, -0.2) is 4.79 Å². The first-order valence-corrected chi connectivity index (χ1v) is 6.77. The summed E-state index contributed by atoms with van der Waals surface area (Å²) in [6.07, 6.45) is -4.83. The normalized spacial score (nSPS) is 30.1. The van der Waals surface area contributed by atoms with Gasteiger partial charge < -0.3 is 20.1 Å². The van der Waals surface area contributed by atoms with E-state index < -0.39 is 42.4 Å². The Morgan fingerprint density at radius 2 is 2.10 bits per heavy atom. The molecule has 0 spiro atoms. The van der Waals surface area contributed by atoms with Crippen molar-refractivity contribution in [2.45, 2.75) is 24.5 Å². The van der Waals surface area contributed by atoms with E-state index in [-0.39, 0.29) is 0 Å². The molecule has 0 saturated carbocycles. The molecule has 9 heteroatoms. The molecule has 1 aliphatic heterocycles. The molecule has 108 valence electrons. The molecular formula is C11H12N2O6S. The van der Waals surface area contributed by atoms with Crippen molar-refractivity contribution < 1.29 is 20.1 Å². The van der Waals surface area contributed by atoms with E-state index >= 15 is 0 Å². The highest BCUT2D eigenvalue weighted by molar-refractivity contribution is 7.17. The number of thiophene rings is 1. The lowest BCUT2D eigenvalue weighted by molar-refractivity contribution is -0.0527. The predicted molar refractivity (Wildman–Crippen MR) is 69.7 cm³/mol. The Morgan fingerprint density at radius 1 is 1.35 bits per heavy atom. The van der Waals surface area contributed by atoms with Crippen LogP contribution in [0.5, 0.6) is 0 Å². The number of ether oxygens (including phenoxy) is 1. The summed E-state index contributed by atoms with van der Waals surface area (Å²) in [5.74, 6) is 0. The molecule has 4 N–H and O–H groups in total. The zero-order valence-electron chi connectivity index (χ0n) is 10.1. The maximum Gasteiger partial charge on any atom is 0.331 e. The van der Waals surface area contributed by atoms with Gasteiger partial charge in [-0.3, -0.25) is 14.3 Å². The van der Waals surface area contributed by atoms with Gasteiger partial charge in [0.1, 0.15) is 23.0 Å². The van der Waals surface area contributed by atoms with E-state index in [0.29, 0.717) is 10.2 Å². The van der Waals surface area contributed by atoms with E-state index in [1.54, 1.807) is 11.4 Å². The SMILES string of the molecule is O=c1[nH]c(=O)n(C2OC(CO)C(O)C2O)c2ccsc12. The summed E-state index contributed by atoms with van der Waals surface area (Å²) in [6, 6.07) is 1.56. The summed E-state index contributed by atoms with van der Waals surface area (Å²) < 4.78 is 6.72. The molecule has 2 aromatic rings. The Morgan fingerprint density at radius 3 is 2.75 bits per heavy atom. The molecule has 0 aliphatic carbocycles. The first-order chi connectivity index (χ1) is 9.54. The van der Waals surface area contributed by atoms with Crippen LogP contribution in [0.15, 0.2) is 21.0 Å². The molecule has 2 aromatic heterocycles. The highest BCUT2D eigenvalue weighted by Gasteiger charge is 2.44. The molecule has 0 amide bonds. The number of fused-ring (bicyclic) bond motifs is 1. The quantitative estimate of drug-likeness (QED) is 0.527. The molecule has 1 fully saturated rings. The Labute approximate surface area is 115 Å². The van der Waals surface area contributed by atoms with Crippen molar-refractivity contribution >= 4 is 21.6 Å². The lowest BCUT2D eigenvalue weighted by Gasteiger charge is -2.18. The summed E-state index contributed by atoms with van der Waals surface area (Å²) in [6.45, 7) is -0.486. The van der Waals surface area contributed by atoms with Crippen molar-refractivity contribution in [3.05, 3.63) is 32.3 Å². The molecule has 1 aliphatic rings. The molecule has 0 radical (unpaired) electrons. The van der Waals surface area contributed by atoms with Crippen LogP contribution < -0.4 is 11.2 Å². The third kappa shape index (κ3) is 1.83. The van der Waals surface area contributed by atoms with Gasteiger partial charge in [0.15, 0.2) is 6.23 Å². The third-order valence-electron chi connectivity index (χ3n) is 3.32. The van der Waals surface area contributed by atoms with E-state index in [1.165, 1.54) is 0 Å². The van der Waals surface area contributed by atoms with Crippen molar-refractivity contribution in [2.24, 2.45) is 0 Å². The molecule has 1 saturated heterocycles. The van der Waals surface area contributed by atoms with Gasteiger partial charge in [-0.2, -0.15) is 0 Å². The molecule has 3 heterocycles. The van der Waals surface area contributed by atoms with Gasteiger partial charge >= 0.3 is 5.69 Å². The lowest BCUT2D eigenvalue weighted by atomic mass is 10.1. The summed E-state index contributed by atoms with van der Waals surface area (Å²) in [7, 11) is 0. The molecule has 0 bridgehead atoms. The van der Waals surface area contributed by atoms with Crippen LogP contribution in [-0.2, 0) is 4.74 Å². The molecule has 4 atom stereocenters. The van der Waals surface area contributed by atoms with E-state index in [9.17, 15) is 19.8 Å². The van der Waals surface area contributed by atoms with Crippen LogP contribution in [0.25, 0.3) is 10.2 Å². The summed E-state index contributed by atoms with van der Waals surface area (Å²) in [4.78, 5) is 25.7. The maximum absolute atomic E-state index is 12.0. The number of aliphatic hydroxyl groups is 3. The topological polar surface area (TPSA) is 125 Å². The largest absolute Gasteiger partial charge is 0.394 e. The maximum atomic E-state index is 12.0. The van der Waals surface area contributed by atoms with Gasteiger partial charge in [0.25, 0.3) is 5.56 Å². The molecule has 4 unspecified atom stereocenters. The minimum atomic E-state index is -1.38. The Hall–Kier alpha value is -1.52. The van der Waals surface area contributed by atoms with Gasteiger partial charge in [-0.1, -0.05) is 0 Å². The number of aromatic amines is 1. The van der Waals surface area contributed by atoms with Crippen molar-refractivity contribution in [1.29, 1.82) is 0 Å². The number of H-pyrrole nitrogens is 1. The van der Waals surface area contributed by atoms with E-state index in [1.807, 2.05) is 0 Å². The number of nitrogens with zero attached hydrogens (tertiary/aromatic N) is 1. The van der Waals surface area contributed by atoms with Crippen LogP contribution in [0.2, 0.25) is 0 Å². The average molecular weight is 300 g/mol. The van der Waals surface area contributed by atoms with Crippen LogP contribution >= 0.6 is 11.3 Å². The molecule has 3 rings (SSSR count). The van der Waals surface area contributed by atoms with Gasteiger partial charge in [-0.05, 0) is 11.4 Å². The third-order valence-corrected chi connectivity index (χ3v) is 4.22. The van der Waals surface area contributed by atoms with Gasteiger partial charge in [0.05, 0.1) is 12.1 Å². The minimum Gasteiger partial charge on any atom is -0.394 e. The Bertz CT molecular complexity index is 749. The van der Waals surface area contributed by atoms with Crippen LogP contribution in [0.3, 0.4) is 0 Å². The van der Waals surface area contributed by atoms with Crippen LogP contribution in [0, 0.1) is 0 Å². The second kappa shape index (κ2) is 4.79. The first-order valence-electron chi connectivity index (χ1n) is 5.89. The van der Waals surface area contributed by atoms with Gasteiger partial charge in [0.2, 0.25) is 0 Å². The molecular weight excluding hydrogens is 288 g/mol. The van der Waals surface area contributed by atoms with Crippen molar-refractivity contribution in [2.75, 3.05) is 6.61 Å². The number of aliphatic hydroxyl groups excluding tert-OH is 3. The van der Waals surface area contributed by atoms with Gasteiger partial charge in [-0.15, -0.1) is 11.3 Å². The minimum absolute atomic E-state index is 0.318. The zero-order valence-corrected chi connectivity index (χ0v) is 10.9. The molecule has 8 nitrogen and oxygen atoms in total. The highest BCUT2D eigenvalue weighted by atomic mass is 32.1. The van der Waals surface area contributed by atoms with Crippen LogP contribution in [0.4, 0.5) is 0 Å². The van der Waals surface area contributed by atoms with Crippen molar-refractivity contribution in [3.63, 3.8) is 0 Å². The van der Waals surface area contributed by atoms with E-state index in [2.05, 4.69) is 4.98 Å².